The number of nitrogens with one attached hydrogen (secondary N) is 1. The molecule has 0 saturated carbocycles. The van der Waals surface area contributed by atoms with Crippen molar-refractivity contribution in [1.29, 1.82) is 0 Å². The molecule has 1 fully saturated rings. The number of ether oxygens (including phenoxy) is 3. The first kappa shape index (κ1) is 36.8. The first-order chi connectivity index (χ1) is 21.2. The normalized spacial score (nSPS) is 18.9. The van der Waals surface area contributed by atoms with Gasteiger partial charge in [-0.2, -0.15) is 13.2 Å². The number of aromatic amines is 1. The molecule has 0 aromatic carbocycles. The standard InChI is InChI=1S/C33H45F3N2O6/c1-3-5-6-7-8-9-10-11-12-13-14-15-16-17-18-19-20-21-30(39)43-25-28-27(42-22-4-2)23-29(44-28)38-24-26(33(34,35)36)31(40)37-32(38)41/h2,11-12,14-15,17-18,24,27-29H,3,5-10,13,16,19-23,25H2,1H3,(H,37,40,41)/t27-,28+,29+/m0/s1. The molecule has 1 aliphatic rings. The van der Waals surface area contributed by atoms with E-state index in [1.54, 1.807) is 4.98 Å². The zero-order chi connectivity index (χ0) is 32.2. The summed E-state index contributed by atoms with van der Waals surface area (Å²) in [5, 5.41) is 0. The fourth-order valence-electron chi connectivity index (χ4n) is 4.68. The Morgan fingerprint density at radius 2 is 1.68 bits per heavy atom. The van der Waals surface area contributed by atoms with Crippen molar-refractivity contribution >= 4 is 5.97 Å². The Kier molecular flexibility index (Phi) is 17.2. The van der Waals surface area contributed by atoms with Crippen LogP contribution in [0.25, 0.3) is 0 Å². The fraction of sp³-hybridized carbons (Fsp3) is 0.606. The third-order valence-corrected chi connectivity index (χ3v) is 7.07. The molecular weight excluding hydrogens is 577 g/mol. The third kappa shape index (κ3) is 14.0. The monoisotopic (exact) mass is 622 g/mol. The second-order valence-electron chi connectivity index (χ2n) is 10.6. The molecule has 0 bridgehead atoms. The van der Waals surface area contributed by atoms with E-state index >= 15 is 0 Å². The lowest BCUT2D eigenvalue weighted by atomic mass is 10.1. The Labute approximate surface area is 257 Å². The number of hydrogen-bond donors (Lipinski definition) is 1. The van der Waals surface area contributed by atoms with Crippen molar-refractivity contribution in [3.63, 3.8) is 0 Å². The van der Waals surface area contributed by atoms with E-state index in [2.05, 4.69) is 37.1 Å². The zero-order valence-electron chi connectivity index (χ0n) is 25.5. The third-order valence-electron chi connectivity index (χ3n) is 7.07. The molecule has 3 atom stereocenters. The molecule has 0 aliphatic carbocycles. The summed E-state index contributed by atoms with van der Waals surface area (Å²) in [5.41, 5.74) is -4.15. The Morgan fingerprint density at radius 1 is 1.05 bits per heavy atom. The molecule has 2 rings (SSSR count). The molecule has 1 N–H and O–H groups in total. The molecule has 2 heterocycles. The number of halogens is 3. The molecule has 244 valence electrons. The highest BCUT2D eigenvalue weighted by atomic mass is 19.4. The molecule has 1 aliphatic heterocycles. The molecule has 0 unspecified atom stereocenters. The Balaban J connectivity index is 1.69. The second-order valence-corrected chi connectivity index (χ2v) is 10.6. The Morgan fingerprint density at radius 3 is 2.34 bits per heavy atom. The van der Waals surface area contributed by atoms with Crippen LogP contribution in [0, 0.1) is 12.3 Å². The minimum atomic E-state index is -4.97. The summed E-state index contributed by atoms with van der Waals surface area (Å²) in [7, 11) is 0. The van der Waals surface area contributed by atoms with Crippen LogP contribution in [0.3, 0.4) is 0 Å². The van der Waals surface area contributed by atoms with Crippen molar-refractivity contribution in [2.75, 3.05) is 13.2 Å². The molecule has 0 radical (unpaired) electrons. The number of H-pyrrole nitrogens is 1. The minimum absolute atomic E-state index is 0.0398. The van der Waals surface area contributed by atoms with Gasteiger partial charge in [-0.15, -0.1) is 6.42 Å². The molecule has 0 spiro atoms. The van der Waals surface area contributed by atoms with Crippen LogP contribution in [0.5, 0.6) is 0 Å². The van der Waals surface area contributed by atoms with Gasteiger partial charge in [0.05, 0.1) is 6.10 Å². The number of aromatic nitrogens is 2. The second kappa shape index (κ2) is 20.6. The minimum Gasteiger partial charge on any atom is -0.463 e. The van der Waals surface area contributed by atoms with Crippen LogP contribution < -0.4 is 11.2 Å². The lowest BCUT2D eigenvalue weighted by Crippen LogP contribution is -2.36. The number of alkyl halides is 3. The zero-order valence-corrected chi connectivity index (χ0v) is 25.5. The SMILES string of the molecule is C#CCO[C@H]1C[C@H](n2cc(C(F)(F)F)c(=O)[nH]c2=O)O[C@@H]1COC(=O)CCCC=CCC=CCC=CCCCCCCCC. The average Bonchev–Trinajstić information content (AvgIpc) is 3.38. The van der Waals surface area contributed by atoms with Crippen molar-refractivity contribution in [2.45, 2.75) is 115 Å². The lowest BCUT2D eigenvalue weighted by Gasteiger charge is -2.18. The molecule has 11 heteroatoms. The molecule has 44 heavy (non-hydrogen) atoms. The predicted molar refractivity (Wildman–Crippen MR) is 163 cm³/mol. The highest BCUT2D eigenvalue weighted by Gasteiger charge is 2.40. The Bertz CT molecular complexity index is 1240. The van der Waals surface area contributed by atoms with Crippen LogP contribution in [0.15, 0.2) is 52.2 Å². The van der Waals surface area contributed by atoms with Crippen LogP contribution in [-0.2, 0) is 25.2 Å². The number of terminal acetylenes is 1. The van der Waals surface area contributed by atoms with Gasteiger partial charge in [0.2, 0.25) is 0 Å². The van der Waals surface area contributed by atoms with Gasteiger partial charge >= 0.3 is 17.8 Å². The maximum absolute atomic E-state index is 13.2. The van der Waals surface area contributed by atoms with Gasteiger partial charge in [-0.25, -0.2) is 4.79 Å². The topological polar surface area (TPSA) is 99.6 Å². The number of esters is 1. The van der Waals surface area contributed by atoms with Gasteiger partial charge in [0.1, 0.15) is 31.1 Å². The van der Waals surface area contributed by atoms with Crippen LogP contribution in [0.4, 0.5) is 13.2 Å². The number of rotatable bonds is 20. The van der Waals surface area contributed by atoms with Crippen molar-refractivity contribution < 1.29 is 32.2 Å². The highest BCUT2D eigenvalue weighted by Crippen LogP contribution is 2.32. The first-order valence-electron chi connectivity index (χ1n) is 15.4. The number of carbonyl (C=O) groups excluding carboxylic acids is 1. The molecule has 1 aromatic rings. The molecule has 1 saturated heterocycles. The average molecular weight is 623 g/mol. The van der Waals surface area contributed by atoms with E-state index in [1.165, 1.54) is 38.5 Å². The number of nitrogens with zero attached hydrogens (tertiary/aromatic N) is 1. The van der Waals surface area contributed by atoms with Crippen molar-refractivity contribution in [3.8, 4) is 12.3 Å². The van der Waals surface area contributed by atoms with Crippen molar-refractivity contribution in [2.24, 2.45) is 0 Å². The number of allylic oxidation sites excluding steroid dienone is 6. The molecule has 8 nitrogen and oxygen atoms in total. The summed E-state index contributed by atoms with van der Waals surface area (Å²) in [6.07, 6.45) is 22.8. The first-order valence-corrected chi connectivity index (χ1v) is 15.4. The number of carbonyl (C=O) groups is 1. The van der Waals surface area contributed by atoms with Crippen LogP contribution in [-0.4, -0.2) is 40.9 Å². The van der Waals surface area contributed by atoms with Gasteiger partial charge in [-0.05, 0) is 38.5 Å². The van der Waals surface area contributed by atoms with Gasteiger partial charge in [0.15, 0.2) is 0 Å². The summed E-state index contributed by atoms with van der Waals surface area (Å²) in [6, 6.07) is 0. The van der Waals surface area contributed by atoms with E-state index in [4.69, 9.17) is 20.6 Å². The lowest BCUT2D eigenvalue weighted by molar-refractivity contribution is -0.151. The van der Waals surface area contributed by atoms with E-state index in [0.717, 1.165) is 19.3 Å². The van der Waals surface area contributed by atoms with Crippen LogP contribution >= 0.6 is 0 Å². The Hall–Kier alpha value is -3.36. The fourth-order valence-corrected chi connectivity index (χ4v) is 4.68. The maximum atomic E-state index is 13.2. The summed E-state index contributed by atoms with van der Waals surface area (Å²) in [6.45, 7) is 1.88. The number of unbranched alkanes of at least 4 members (excludes halogenated alkanes) is 7. The van der Waals surface area contributed by atoms with Crippen molar-refractivity contribution in [3.05, 3.63) is 69.1 Å². The van der Waals surface area contributed by atoms with Gasteiger partial charge in [0, 0.05) is 19.0 Å². The van der Waals surface area contributed by atoms with Crippen molar-refractivity contribution in [1.82, 2.24) is 9.55 Å². The van der Waals surface area contributed by atoms with Gasteiger partial charge in [-0.1, -0.05) is 81.4 Å². The van der Waals surface area contributed by atoms with Gasteiger partial charge in [0.25, 0.3) is 5.56 Å². The van der Waals surface area contributed by atoms with E-state index in [0.29, 0.717) is 23.6 Å². The summed E-state index contributed by atoms with van der Waals surface area (Å²) < 4.78 is 56.8. The van der Waals surface area contributed by atoms with Gasteiger partial charge < -0.3 is 14.2 Å². The summed E-state index contributed by atoms with van der Waals surface area (Å²) >= 11 is 0. The highest BCUT2D eigenvalue weighted by molar-refractivity contribution is 5.69. The van der Waals surface area contributed by atoms with Gasteiger partial charge in [-0.3, -0.25) is 19.1 Å². The van der Waals surface area contributed by atoms with E-state index in [1.807, 2.05) is 12.2 Å². The quantitative estimate of drug-likeness (QED) is 0.0746. The smallest absolute Gasteiger partial charge is 0.423 e. The molecule has 0 amide bonds. The largest absolute Gasteiger partial charge is 0.463 e. The molecular formula is C33H45F3N2O6. The summed E-state index contributed by atoms with van der Waals surface area (Å²) in [5.74, 6) is 1.83. The van der Waals surface area contributed by atoms with Crippen LogP contribution in [0.1, 0.15) is 102 Å². The maximum Gasteiger partial charge on any atom is 0.423 e. The predicted octanol–water partition coefficient (Wildman–Crippen LogP) is 6.77. The van der Waals surface area contributed by atoms with E-state index < -0.39 is 47.4 Å². The number of hydrogen-bond acceptors (Lipinski definition) is 6. The van der Waals surface area contributed by atoms with E-state index in [9.17, 15) is 27.6 Å². The molecule has 1 aromatic heterocycles. The summed E-state index contributed by atoms with van der Waals surface area (Å²) in [4.78, 5) is 37.8. The van der Waals surface area contributed by atoms with E-state index in [-0.39, 0.29) is 26.1 Å². The van der Waals surface area contributed by atoms with Crippen LogP contribution in [0.2, 0.25) is 0 Å².